The fourth-order valence-electron chi connectivity index (χ4n) is 0.728. The highest BCUT2D eigenvalue weighted by Crippen LogP contribution is 2.09. The predicted molar refractivity (Wildman–Crippen MR) is 41.4 cm³/mol. The normalized spacial score (nSPS) is 12.8. The zero-order valence-corrected chi connectivity index (χ0v) is 6.45. The van der Waals surface area contributed by atoms with E-state index in [0.29, 0.717) is 0 Å². The molecule has 0 bridgehead atoms. The Balaban J connectivity index is 3.12. The van der Waals surface area contributed by atoms with E-state index in [1.807, 2.05) is 6.92 Å². The Labute approximate surface area is 62.9 Å². The molecule has 0 aromatic heterocycles. The molecule has 0 aromatic rings. The first-order valence-corrected chi connectivity index (χ1v) is 3.51. The maximum Gasteiger partial charge on any atom is 0.617 e. The van der Waals surface area contributed by atoms with Crippen molar-refractivity contribution in [3.63, 3.8) is 0 Å². The summed E-state index contributed by atoms with van der Waals surface area (Å²) < 4.78 is 4.44. The van der Waals surface area contributed by atoms with Crippen molar-refractivity contribution < 1.29 is 14.6 Å². The Kier molecular flexibility index (Phi) is 5.77. The average Bonchev–Trinajstić information content (AvgIpc) is 1.85. The molecular weight excluding hydrogens is 130 g/mol. The summed E-state index contributed by atoms with van der Waals surface area (Å²) in [6.07, 6.45) is 2.08. The minimum absolute atomic E-state index is 0.284. The van der Waals surface area contributed by atoms with Crippen molar-refractivity contribution in [1.29, 1.82) is 0 Å². The van der Waals surface area contributed by atoms with E-state index < -0.39 is 7.32 Å². The largest absolute Gasteiger partial charge is 0.617 e. The van der Waals surface area contributed by atoms with Crippen molar-refractivity contribution in [3.05, 3.63) is 0 Å². The summed E-state index contributed by atoms with van der Waals surface area (Å²) >= 11 is 0. The first-order valence-electron chi connectivity index (χ1n) is 3.51. The van der Waals surface area contributed by atoms with Gasteiger partial charge in [-0.2, -0.15) is 0 Å². The quantitative estimate of drug-likeness (QED) is 0.540. The summed E-state index contributed by atoms with van der Waals surface area (Å²) in [5.41, 5.74) is 0. The molecule has 0 saturated heterocycles. The van der Waals surface area contributed by atoms with Crippen LogP contribution >= 0.6 is 0 Å². The van der Waals surface area contributed by atoms with Gasteiger partial charge >= 0.3 is 7.32 Å². The van der Waals surface area contributed by atoms with Crippen molar-refractivity contribution in [2.45, 2.75) is 32.5 Å². The fourth-order valence-corrected chi connectivity index (χ4v) is 0.728. The molecule has 0 aliphatic rings. The second kappa shape index (κ2) is 5.77. The van der Waals surface area contributed by atoms with Crippen LogP contribution in [0.5, 0.6) is 0 Å². The first kappa shape index (κ1) is 10.0. The number of rotatable bonds is 5. The minimum atomic E-state index is -1.67. The van der Waals surface area contributed by atoms with E-state index in [4.69, 9.17) is 10.0 Å². The van der Waals surface area contributed by atoms with Gasteiger partial charge in [0.25, 0.3) is 7.48 Å². The van der Waals surface area contributed by atoms with Gasteiger partial charge in [0.1, 0.15) is 0 Å². The standard InChI is InChI=1S/C5H13B2O3/c1-3-4-5(2)6-10-7(8)9/h5,8-9H,3-4H2,1-2H3. The lowest BCUT2D eigenvalue weighted by molar-refractivity contribution is 0.292. The van der Waals surface area contributed by atoms with Crippen molar-refractivity contribution >= 4 is 14.8 Å². The summed E-state index contributed by atoms with van der Waals surface area (Å²) in [5.74, 6) is 0.284. The molecule has 0 amide bonds. The van der Waals surface area contributed by atoms with Crippen LogP contribution in [-0.4, -0.2) is 24.9 Å². The van der Waals surface area contributed by atoms with E-state index in [9.17, 15) is 0 Å². The monoisotopic (exact) mass is 143 g/mol. The topological polar surface area (TPSA) is 49.7 Å². The highest BCUT2D eigenvalue weighted by Gasteiger charge is 2.11. The third-order valence-electron chi connectivity index (χ3n) is 1.18. The van der Waals surface area contributed by atoms with Gasteiger partial charge in [-0.3, -0.25) is 0 Å². The molecule has 3 nitrogen and oxygen atoms in total. The van der Waals surface area contributed by atoms with Crippen LogP contribution in [0.1, 0.15) is 26.7 Å². The Morgan fingerprint density at radius 3 is 2.60 bits per heavy atom. The number of hydrogen-bond acceptors (Lipinski definition) is 3. The SMILES string of the molecule is CCCC(C)[B]OB(O)O. The Morgan fingerprint density at radius 2 is 2.20 bits per heavy atom. The molecule has 1 unspecified atom stereocenters. The zero-order chi connectivity index (χ0) is 7.98. The van der Waals surface area contributed by atoms with Crippen molar-refractivity contribution in [2.24, 2.45) is 0 Å². The smallest absolute Gasteiger partial charge is 0.453 e. The van der Waals surface area contributed by atoms with E-state index >= 15 is 0 Å². The van der Waals surface area contributed by atoms with Gasteiger partial charge in [0.2, 0.25) is 0 Å². The summed E-state index contributed by atoms with van der Waals surface area (Å²) in [6.45, 7) is 4.03. The van der Waals surface area contributed by atoms with E-state index in [1.54, 1.807) is 0 Å². The summed E-state index contributed by atoms with van der Waals surface area (Å²) in [6, 6.07) is 0. The molecule has 0 heterocycles. The molecule has 0 saturated carbocycles. The van der Waals surface area contributed by atoms with E-state index in [1.165, 1.54) is 7.48 Å². The highest BCUT2D eigenvalue weighted by atomic mass is 16.6. The first-order chi connectivity index (χ1) is 4.66. The lowest BCUT2D eigenvalue weighted by atomic mass is 9.77. The maximum atomic E-state index is 8.27. The van der Waals surface area contributed by atoms with Crippen LogP contribution in [0.3, 0.4) is 0 Å². The molecule has 0 aromatic carbocycles. The third kappa shape index (κ3) is 6.13. The Bertz CT molecular complexity index is 79.3. The van der Waals surface area contributed by atoms with Gasteiger partial charge < -0.3 is 14.6 Å². The molecule has 0 fully saturated rings. The lowest BCUT2D eigenvalue weighted by Gasteiger charge is -2.07. The highest BCUT2D eigenvalue weighted by molar-refractivity contribution is 6.46. The average molecular weight is 143 g/mol. The lowest BCUT2D eigenvalue weighted by Crippen LogP contribution is -2.21. The van der Waals surface area contributed by atoms with Crippen LogP contribution in [0.15, 0.2) is 0 Å². The molecule has 0 rings (SSSR count). The summed E-state index contributed by atoms with van der Waals surface area (Å²) in [5, 5.41) is 16.5. The Morgan fingerprint density at radius 1 is 1.60 bits per heavy atom. The Hall–Kier alpha value is 0.00987. The van der Waals surface area contributed by atoms with Crippen molar-refractivity contribution in [2.75, 3.05) is 0 Å². The molecule has 1 radical (unpaired) electrons. The van der Waals surface area contributed by atoms with E-state index in [0.717, 1.165) is 12.8 Å². The van der Waals surface area contributed by atoms with Crippen LogP contribution in [0.2, 0.25) is 5.82 Å². The zero-order valence-electron chi connectivity index (χ0n) is 6.45. The van der Waals surface area contributed by atoms with E-state index in [2.05, 4.69) is 11.5 Å². The third-order valence-corrected chi connectivity index (χ3v) is 1.18. The van der Waals surface area contributed by atoms with Crippen LogP contribution in [0.4, 0.5) is 0 Å². The van der Waals surface area contributed by atoms with Gasteiger partial charge in [0.05, 0.1) is 0 Å². The van der Waals surface area contributed by atoms with Gasteiger partial charge in [-0.25, -0.2) is 0 Å². The molecule has 1 atom stereocenters. The van der Waals surface area contributed by atoms with Gasteiger partial charge in [0.15, 0.2) is 0 Å². The number of hydrogen-bond donors (Lipinski definition) is 2. The van der Waals surface area contributed by atoms with Crippen LogP contribution in [0, 0.1) is 0 Å². The fraction of sp³-hybridized carbons (Fsp3) is 1.00. The summed E-state index contributed by atoms with van der Waals surface area (Å²) in [4.78, 5) is 0. The van der Waals surface area contributed by atoms with Crippen LogP contribution < -0.4 is 0 Å². The van der Waals surface area contributed by atoms with Crippen molar-refractivity contribution in [3.8, 4) is 0 Å². The molecular formula is C5H13B2O3. The maximum absolute atomic E-state index is 8.27. The molecule has 0 aliphatic carbocycles. The van der Waals surface area contributed by atoms with Crippen LogP contribution in [0.25, 0.3) is 0 Å². The van der Waals surface area contributed by atoms with Gasteiger partial charge in [-0.1, -0.05) is 26.7 Å². The van der Waals surface area contributed by atoms with Gasteiger partial charge in [-0.15, -0.1) is 0 Å². The molecule has 0 spiro atoms. The second-order valence-electron chi connectivity index (χ2n) is 2.36. The van der Waals surface area contributed by atoms with Gasteiger partial charge in [-0.05, 0) is 5.82 Å². The van der Waals surface area contributed by atoms with Crippen LogP contribution in [-0.2, 0) is 4.57 Å². The van der Waals surface area contributed by atoms with E-state index in [-0.39, 0.29) is 5.82 Å². The molecule has 57 valence electrons. The van der Waals surface area contributed by atoms with Crippen molar-refractivity contribution in [1.82, 2.24) is 0 Å². The molecule has 10 heavy (non-hydrogen) atoms. The predicted octanol–water partition coefficient (Wildman–Crippen LogP) is 0.200. The molecule has 2 N–H and O–H groups in total. The molecule has 5 heteroatoms. The second-order valence-corrected chi connectivity index (χ2v) is 2.36. The molecule has 0 aliphatic heterocycles. The van der Waals surface area contributed by atoms with Gasteiger partial charge in [0, 0.05) is 0 Å². The minimum Gasteiger partial charge on any atom is -0.453 e. The summed E-state index contributed by atoms with van der Waals surface area (Å²) in [7, 11) is -0.215.